The number of amides is 1. The van der Waals surface area contributed by atoms with E-state index >= 15 is 0 Å². The van der Waals surface area contributed by atoms with E-state index in [1.54, 1.807) is 7.11 Å². The maximum Gasteiger partial charge on any atom is 0.234 e. The summed E-state index contributed by atoms with van der Waals surface area (Å²) in [6.45, 7) is 3.97. The predicted octanol–water partition coefficient (Wildman–Crippen LogP) is 1.97. The number of carbonyl (C=O) groups excluding carboxylic acids is 1. The van der Waals surface area contributed by atoms with Crippen LogP contribution >= 0.6 is 0 Å². The zero-order chi connectivity index (χ0) is 13.6. The second kappa shape index (κ2) is 7.10. The Labute approximate surface area is 111 Å². The summed E-state index contributed by atoms with van der Waals surface area (Å²) < 4.78 is 5.38. The summed E-state index contributed by atoms with van der Waals surface area (Å²) >= 11 is 0. The van der Waals surface area contributed by atoms with Gasteiger partial charge in [-0.3, -0.25) is 4.79 Å². The average Bonchev–Trinajstić information content (AvgIpc) is 2.56. The summed E-state index contributed by atoms with van der Waals surface area (Å²) in [5.74, 6) is -0.274. The molecule has 0 spiro atoms. The number of methoxy groups -OCH3 is 1. The van der Waals surface area contributed by atoms with Crippen molar-refractivity contribution in [2.75, 3.05) is 7.11 Å². The van der Waals surface area contributed by atoms with Gasteiger partial charge in [-0.05, 0) is 26.7 Å². The first-order valence-electron chi connectivity index (χ1n) is 7.05. The van der Waals surface area contributed by atoms with Crippen molar-refractivity contribution in [2.45, 2.75) is 76.5 Å². The van der Waals surface area contributed by atoms with Gasteiger partial charge in [-0.25, -0.2) is 0 Å². The van der Waals surface area contributed by atoms with Crippen LogP contribution in [0.1, 0.15) is 58.8 Å². The summed E-state index contributed by atoms with van der Waals surface area (Å²) in [4.78, 5) is 11.6. The highest BCUT2D eigenvalue weighted by molar-refractivity contribution is 5.80. The lowest BCUT2D eigenvalue weighted by atomic mass is 9.96. The van der Waals surface area contributed by atoms with Crippen molar-refractivity contribution >= 4 is 5.91 Å². The van der Waals surface area contributed by atoms with Crippen LogP contribution in [0.3, 0.4) is 0 Å². The molecule has 0 aromatic heterocycles. The van der Waals surface area contributed by atoms with Gasteiger partial charge in [0.2, 0.25) is 5.91 Å². The van der Waals surface area contributed by atoms with E-state index in [9.17, 15) is 4.79 Å². The normalized spacial score (nSPS) is 20.4. The molecule has 1 atom stereocenters. The van der Waals surface area contributed by atoms with E-state index in [0.29, 0.717) is 12.5 Å². The lowest BCUT2D eigenvalue weighted by Gasteiger charge is -2.30. The summed E-state index contributed by atoms with van der Waals surface area (Å²) in [6.07, 6.45) is 8.03. The number of rotatable bonds is 6. The SMILES string of the molecule is COC(C)(C)CC(NC1CCCCCC1)C(N)=O. The Morgan fingerprint density at radius 3 is 2.33 bits per heavy atom. The van der Waals surface area contributed by atoms with Gasteiger partial charge in [0.05, 0.1) is 11.6 Å². The lowest BCUT2D eigenvalue weighted by molar-refractivity contribution is -0.122. The van der Waals surface area contributed by atoms with Gasteiger partial charge in [-0.2, -0.15) is 0 Å². The molecule has 1 fully saturated rings. The Kier molecular flexibility index (Phi) is 6.09. The Hall–Kier alpha value is -0.610. The highest BCUT2D eigenvalue weighted by atomic mass is 16.5. The second-order valence-electron chi connectivity index (χ2n) is 5.98. The van der Waals surface area contributed by atoms with Crippen LogP contribution in [0.25, 0.3) is 0 Å². The molecule has 0 saturated heterocycles. The molecule has 1 amide bonds. The first kappa shape index (κ1) is 15.4. The van der Waals surface area contributed by atoms with E-state index in [2.05, 4.69) is 5.32 Å². The van der Waals surface area contributed by atoms with Crippen molar-refractivity contribution in [3.05, 3.63) is 0 Å². The lowest BCUT2D eigenvalue weighted by Crippen LogP contribution is -2.49. The quantitative estimate of drug-likeness (QED) is 0.714. The zero-order valence-electron chi connectivity index (χ0n) is 12.0. The summed E-state index contributed by atoms with van der Waals surface area (Å²) in [6, 6.07) is 0.140. The van der Waals surface area contributed by atoms with Crippen LogP contribution in [-0.2, 0) is 9.53 Å². The maximum absolute atomic E-state index is 11.6. The molecule has 4 heteroatoms. The third kappa shape index (κ3) is 5.36. The van der Waals surface area contributed by atoms with Crippen molar-refractivity contribution in [2.24, 2.45) is 5.73 Å². The molecule has 18 heavy (non-hydrogen) atoms. The number of hydrogen-bond acceptors (Lipinski definition) is 3. The van der Waals surface area contributed by atoms with Crippen LogP contribution in [0.2, 0.25) is 0 Å². The molecule has 1 unspecified atom stereocenters. The second-order valence-corrected chi connectivity index (χ2v) is 5.98. The van der Waals surface area contributed by atoms with Gasteiger partial charge >= 0.3 is 0 Å². The zero-order valence-corrected chi connectivity index (χ0v) is 12.0. The van der Waals surface area contributed by atoms with Gasteiger partial charge in [0.1, 0.15) is 0 Å². The summed E-state index contributed by atoms with van der Waals surface area (Å²) in [5.41, 5.74) is 5.18. The molecule has 1 aliphatic rings. The molecule has 0 heterocycles. The van der Waals surface area contributed by atoms with Gasteiger partial charge in [0.15, 0.2) is 0 Å². The molecule has 0 aromatic carbocycles. The minimum atomic E-state index is -0.322. The van der Waals surface area contributed by atoms with Crippen LogP contribution in [0, 0.1) is 0 Å². The highest BCUT2D eigenvalue weighted by Crippen LogP contribution is 2.20. The molecule has 0 radical (unpaired) electrons. The number of ether oxygens (including phenoxy) is 1. The summed E-state index contributed by atoms with van der Waals surface area (Å²) in [7, 11) is 1.67. The van der Waals surface area contributed by atoms with E-state index in [1.807, 2.05) is 13.8 Å². The molecule has 0 bridgehead atoms. The number of nitrogens with one attached hydrogen (secondary N) is 1. The third-order valence-corrected chi connectivity index (χ3v) is 3.88. The molecular formula is C14H28N2O2. The summed E-state index contributed by atoms with van der Waals surface area (Å²) in [5, 5.41) is 3.43. The van der Waals surface area contributed by atoms with Crippen molar-refractivity contribution in [3.8, 4) is 0 Å². The number of nitrogens with two attached hydrogens (primary N) is 1. The van der Waals surface area contributed by atoms with E-state index in [-0.39, 0.29) is 17.6 Å². The predicted molar refractivity (Wildman–Crippen MR) is 73.3 cm³/mol. The van der Waals surface area contributed by atoms with Crippen molar-refractivity contribution in [1.82, 2.24) is 5.32 Å². The van der Waals surface area contributed by atoms with Crippen LogP contribution in [0.4, 0.5) is 0 Å². The largest absolute Gasteiger partial charge is 0.379 e. The van der Waals surface area contributed by atoms with Crippen molar-refractivity contribution < 1.29 is 9.53 Å². The van der Waals surface area contributed by atoms with E-state index in [1.165, 1.54) is 25.7 Å². The molecule has 3 N–H and O–H groups in total. The number of carbonyl (C=O) groups is 1. The number of primary amides is 1. The van der Waals surface area contributed by atoms with Gasteiger partial charge in [0, 0.05) is 19.6 Å². The van der Waals surface area contributed by atoms with Crippen molar-refractivity contribution in [3.63, 3.8) is 0 Å². The Morgan fingerprint density at radius 1 is 1.33 bits per heavy atom. The topological polar surface area (TPSA) is 64.3 Å². The monoisotopic (exact) mass is 256 g/mol. The van der Waals surface area contributed by atoms with Gasteiger partial charge in [-0.1, -0.05) is 25.7 Å². The standard InChI is InChI=1S/C14H28N2O2/c1-14(2,18-3)10-12(13(15)17)16-11-8-6-4-5-7-9-11/h11-12,16H,4-10H2,1-3H3,(H2,15,17). The highest BCUT2D eigenvalue weighted by Gasteiger charge is 2.28. The van der Waals surface area contributed by atoms with Gasteiger partial charge in [0.25, 0.3) is 0 Å². The van der Waals surface area contributed by atoms with Crippen molar-refractivity contribution in [1.29, 1.82) is 0 Å². The maximum atomic E-state index is 11.6. The molecule has 1 rings (SSSR count). The minimum Gasteiger partial charge on any atom is -0.379 e. The Bertz CT molecular complexity index is 259. The van der Waals surface area contributed by atoms with Crippen LogP contribution in [0.5, 0.6) is 0 Å². The Balaban J connectivity index is 2.53. The van der Waals surface area contributed by atoms with Crippen LogP contribution in [0.15, 0.2) is 0 Å². The fraction of sp³-hybridized carbons (Fsp3) is 0.929. The minimum absolute atomic E-state index is 0.274. The van der Waals surface area contributed by atoms with Gasteiger partial charge in [-0.15, -0.1) is 0 Å². The molecule has 106 valence electrons. The smallest absolute Gasteiger partial charge is 0.234 e. The fourth-order valence-electron chi connectivity index (χ4n) is 2.55. The average molecular weight is 256 g/mol. The first-order chi connectivity index (χ1) is 8.44. The molecule has 1 aliphatic carbocycles. The molecule has 0 aliphatic heterocycles. The number of hydrogen-bond donors (Lipinski definition) is 2. The van der Waals surface area contributed by atoms with Crippen LogP contribution in [-0.4, -0.2) is 30.7 Å². The molecule has 4 nitrogen and oxygen atoms in total. The van der Waals surface area contributed by atoms with E-state index in [0.717, 1.165) is 12.8 Å². The van der Waals surface area contributed by atoms with Crippen LogP contribution < -0.4 is 11.1 Å². The van der Waals surface area contributed by atoms with Gasteiger partial charge < -0.3 is 15.8 Å². The fourth-order valence-corrected chi connectivity index (χ4v) is 2.55. The third-order valence-electron chi connectivity index (χ3n) is 3.88. The van der Waals surface area contributed by atoms with E-state index in [4.69, 9.17) is 10.5 Å². The first-order valence-corrected chi connectivity index (χ1v) is 7.05. The molecular weight excluding hydrogens is 228 g/mol. The molecule has 1 saturated carbocycles. The molecule has 0 aromatic rings. The van der Waals surface area contributed by atoms with E-state index < -0.39 is 0 Å². The Morgan fingerprint density at radius 2 is 1.89 bits per heavy atom.